The first-order chi connectivity index (χ1) is 8.60. The van der Waals surface area contributed by atoms with E-state index in [4.69, 9.17) is 14.3 Å². The van der Waals surface area contributed by atoms with Gasteiger partial charge in [-0.3, -0.25) is 0 Å². The molecular weight excluding hydrogens is 254 g/mol. The van der Waals surface area contributed by atoms with Crippen LogP contribution in [0.5, 0.6) is 0 Å². The molecule has 1 atom stereocenters. The van der Waals surface area contributed by atoms with Crippen molar-refractivity contribution in [2.75, 3.05) is 7.11 Å². The van der Waals surface area contributed by atoms with Gasteiger partial charge in [0.05, 0.1) is 16.7 Å². The number of hydrogen-bond donors (Lipinski definition) is 1. The summed E-state index contributed by atoms with van der Waals surface area (Å²) < 4.78 is 10.4. The van der Waals surface area contributed by atoms with Gasteiger partial charge in [-0.05, 0) is 6.92 Å². The van der Waals surface area contributed by atoms with Gasteiger partial charge in [-0.15, -0.1) is 11.3 Å². The summed E-state index contributed by atoms with van der Waals surface area (Å²) in [4.78, 5) is 15.1. The molecule has 0 bridgehead atoms. The standard InChI is InChI=1S/C12H13NO4S/c1-7(16-2)3-11-13-9(6-18-11)10-4-8(5-17-10)12(14)15/h4-7H,3H2,1-2H3,(H,14,15). The van der Waals surface area contributed by atoms with Gasteiger partial charge in [0.25, 0.3) is 0 Å². The molecule has 0 spiro atoms. The summed E-state index contributed by atoms with van der Waals surface area (Å²) in [5, 5.41) is 11.6. The molecule has 0 radical (unpaired) electrons. The molecule has 2 heterocycles. The van der Waals surface area contributed by atoms with E-state index in [1.165, 1.54) is 23.7 Å². The topological polar surface area (TPSA) is 72.6 Å². The second-order valence-corrected chi connectivity index (χ2v) is 4.82. The van der Waals surface area contributed by atoms with Crippen LogP contribution in [0.4, 0.5) is 0 Å². The number of nitrogens with zero attached hydrogens (tertiary/aromatic N) is 1. The van der Waals surface area contributed by atoms with Crippen molar-refractivity contribution in [1.82, 2.24) is 4.98 Å². The highest BCUT2D eigenvalue weighted by atomic mass is 32.1. The highest BCUT2D eigenvalue weighted by Gasteiger charge is 2.13. The van der Waals surface area contributed by atoms with E-state index in [-0.39, 0.29) is 11.7 Å². The van der Waals surface area contributed by atoms with Crippen LogP contribution >= 0.6 is 11.3 Å². The number of aromatic nitrogens is 1. The fraction of sp³-hybridized carbons (Fsp3) is 0.333. The van der Waals surface area contributed by atoms with Gasteiger partial charge in [-0.25, -0.2) is 9.78 Å². The van der Waals surface area contributed by atoms with Crippen molar-refractivity contribution < 1.29 is 19.1 Å². The van der Waals surface area contributed by atoms with Crippen LogP contribution in [0.1, 0.15) is 22.3 Å². The first kappa shape index (κ1) is 12.8. The molecule has 0 aliphatic heterocycles. The van der Waals surface area contributed by atoms with Crippen molar-refractivity contribution in [2.45, 2.75) is 19.4 Å². The molecule has 6 heteroatoms. The summed E-state index contributed by atoms with van der Waals surface area (Å²) in [6, 6.07) is 1.47. The number of methoxy groups -OCH3 is 1. The fourth-order valence-electron chi connectivity index (χ4n) is 1.43. The molecule has 0 fully saturated rings. The maximum Gasteiger partial charge on any atom is 0.338 e. The van der Waals surface area contributed by atoms with E-state index in [0.717, 1.165) is 11.4 Å². The summed E-state index contributed by atoms with van der Waals surface area (Å²) in [7, 11) is 1.66. The van der Waals surface area contributed by atoms with Gasteiger partial charge in [0.2, 0.25) is 0 Å². The second-order valence-electron chi connectivity index (χ2n) is 3.88. The zero-order valence-corrected chi connectivity index (χ0v) is 10.9. The molecule has 0 aromatic carbocycles. The molecule has 96 valence electrons. The van der Waals surface area contributed by atoms with Gasteiger partial charge in [-0.2, -0.15) is 0 Å². The third kappa shape index (κ3) is 2.77. The van der Waals surface area contributed by atoms with E-state index in [1.54, 1.807) is 7.11 Å². The van der Waals surface area contributed by atoms with E-state index in [9.17, 15) is 4.79 Å². The molecule has 5 nitrogen and oxygen atoms in total. The Hall–Kier alpha value is -1.66. The molecule has 2 aromatic heterocycles. The Morgan fingerprint density at radius 1 is 1.67 bits per heavy atom. The average molecular weight is 267 g/mol. The zero-order valence-electron chi connectivity index (χ0n) is 10.0. The van der Waals surface area contributed by atoms with Crippen LogP contribution in [0.3, 0.4) is 0 Å². The van der Waals surface area contributed by atoms with E-state index in [2.05, 4.69) is 4.98 Å². The van der Waals surface area contributed by atoms with Crippen LogP contribution in [-0.4, -0.2) is 29.3 Å². The van der Waals surface area contributed by atoms with Crippen molar-refractivity contribution >= 4 is 17.3 Å². The minimum absolute atomic E-state index is 0.107. The quantitative estimate of drug-likeness (QED) is 0.901. The van der Waals surface area contributed by atoms with Gasteiger partial charge in [0, 0.05) is 25.0 Å². The predicted octanol–water partition coefficient (Wildman–Crippen LogP) is 2.68. The second kappa shape index (κ2) is 5.32. The number of rotatable bonds is 5. The van der Waals surface area contributed by atoms with Crippen LogP contribution in [0.2, 0.25) is 0 Å². The zero-order chi connectivity index (χ0) is 13.1. The van der Waals surface area contributed by atoms with Gasteiger partial charge >= 0.3 is 5.97 Å². The van der Waals surface area contributed by atoms with Crippen molar-refractivity contribution in [3.05, 3.63) is 28.3 Å². The van der Waals surface area contributed by atoms with Crippen LogP contribution in [0.25, 0.3) is 11.5 Å². The SMILES string of the molecule is COC(C)Cc1nc(-c2cc(C(=O)O)co2)cs1. The Morgan fingerprint density at radius 3 is 3.06 bits per heavy atom. The number of aromatic carboxylic acids is 1. The van der Waals surface area contributed by atoms with E-state index < -0.39 is 5.97 Å². The van der Waals surface area contributed by atoms with Crippen molar-refractivity contribution in [3.63, 3.8) is 0 Å². The largest absolute Gasteiger partial charge is 0.478 e. The molecule has 0 amide bonds. The van der Waals surface area contributed by atoms with Crippen LogP contribution < -0.4 is 0 Å². The van der Waals surface area contributed by atoms with Crippen molar-refractivity contribution in [2.24, 2.45) is 0 Å². The van der Waals surface area contributed by atoms with Gasteiger partial charge in [0.15, 0.2) is 5.76 Å². The minimum Gasteiger partial charge on any atom is -0.478 e. The maximum absolute atomic E-state index is 10.7. The molecule has 0 aliphatic carbocycles. The van der Waals surface area contributed by atoms with E-state index >= 15 is 0 Å². The van der Waals surface area contributed by atoms with E-state index in [0.29, 0.717) is 11.5 Å². The number of furan rings is 1. The Morgan fingerprint density at radius 2 is 2.44 bits per heavy atom. The molecule has 1 unspecified atom stereocenters. The lowest BCUT2D eigenvalue weighted by Gasteiger charge is -2.05. The number of carboxylic acid groups (broad SMARTS) is 1. The molecule has 0 saturated carbocycles. The highest BCUT2D eigenvalue weighted by Crippen LogP contribution is 2.24. The minimum atomic E-state index is -1.01. The summed E-state index contributed by atoms with van der Waals surface area (Å²) in [5.74, 6) is -0.534. The molecular formula is C12H13NO4S. The van der Waals surface area contributed by atoms with Crippen LogP contribution in [0, 0.1) is 0 Å². The molecule has 2 rings (SSSR count). The van der Waals surface area contributed by atoms with Crippen molar-refractivity contribution in [1.29, 1.82) is 0 Å². The van der Waals surface area contributed by atoms with Gasteiger partial charge in [-0.1, -0.05) is 0 Å². The molecule has 18 heavy (non-hydrogen) atoms. The molecule has 2 aromatic rings. The lowest BCUT2D eigenvalue weighted by Crippen LogP contribution is -2.07. The number of ether oxygens (including phenoxy) is 1. The Kier molecular flexibility index (Phi) is 3.78. The maximum atomic E-state index is 10.7. The molecule has 0 saturated heterocycles. The lowest BCUT2D eigenvalue weighted by atomic mass is 10.3. The summed E-state index contributed by atoms with van der Waals surface area (Å²) in [6.07, 6.45) is 2.05. The summed E-state index contributed by atoms with van der Waals surface area (Å²) in [5.41, 5.74) is 0.788. The normalized spacial score (nSPS) is 12.6. The third-order valence-corrected chi connectivity index (χ3v) is 3.39. The number of carbonyl (C=O) groups is 1. The first-order valence-electron chi connectivity index (χ1n) is 5.39. The average Bonchev–Trinajstić information content (AvgIpc) is 2.96. The van der Waals surface area contributed by atoms with Crippen LogP contribution in [-0.2, 0) is 11.2 Å². The fourth-order valence-corrected chi connectivity index (χ4v) is 2.33. The van der Waals surface area contributed by atoms with Crippen LogP contribution in [0.15, 0.2) is 22.1 Å². The third-order valence-electron chi connectivity index (χ3n) is 2.52. The van der Waals surface area contributed by atoms with E-state index in [1.807, 2.05) is 12.3 Å². The number of thiazole rings is 1. The lowest BCUT2D eigenvalue weighted by molar-refractivity contribution is 0.0696. The summed E-state index contributed by atoms with van der Waals surface area (Å²) in [6.45, 7) is 1.97. The van der Waals surface area contributed by atoms with Crippen molar-refractivity contribution in [3.8, 4) is 11.5 Å². The Balaban J connectivity index is 2.16. The van der Waals surface area contributed by atoms with Gasteiger partial charge in [0.1, 0.15) is 12.0 Å². The molecule has 1 N–H and O–H groups in total. The Labute approximate surface area is 108 Å². The smallest absolute Gasteiger partial charge is 0.338 e. The number of hydrogen-bond acceptors (Lipinski definition) is 5. The first-order valence-corrected chi connectivity index (χ1v) is 6.27. The highest BCUT2D eigenvalue weighted by molar-refractivity contribution is 7.09. The Bertz CT molecular complexity index is 546. The molecule has 0 aliphatic rings. The van der Waals surface area contributed by atoms with Gasteiger partial charge < -0.3 is 14.3 Å². The number of carboxylic acids is 1. The predicted molar refractivity (Wildman–Crippen MR) is 67.0 cm³/mol. The summed E-state index contributed by atoms with van der Waals surface area (Å²) >= 11 is 1.51. The monoisotopic (exact) mass is 267 g/mol.